The molecule has 1 aromatic carbocycles. The zero-order valence-corrected chi connectivity index (χ0v) is 21.3. The van der Waals surface area contributed by atoms with Crippen LogP contribution in [0.3, 0.4) is 0 Å². The highest BCUT2D eigenvalue weighted by molar-refractivity contribution is 7.80. The van der Waals surface area contributed by atoms with E-state index in [1.165, 1.54) is 0 Å². The Balaban J connectivity index is 1.31. The van der Waals surface area contributed by atoms with Crippen molar-refractivity contribution in [3.8, 4) is 11.3 Å². The first kappa shape index (κ1) is 24.0. The Labute approximate surface area is 215 Å². The summed E-state index contributed by atoms with van der Waals surface area (Å²) < 4.78 is 14.3. The molecule has 36 heavy (non-hydrogen) atoms. The molecule has 0 saturated carbocycles. The fourth-order valence-corrected chi connectivity index (χ4v) is 4.93. The maximum Gasteiger partial charge on any atom is 0.222 e. The summed E-state index contributed by atoms with van der Waals surface area (Å²) in [5.41, 5.74) is 3.33. The molecule has 1 unspecified atom stereocenters. The van der Waals surface area contributed by atoms with E-state index >= 15 is 0 Å². The number of aromatic nitrogens is 4. The Hall–Kier alpha value is -3.72. The first-order valence-electron chi connectivity index (χ1n) is 12.0. The van der Waals surface area contributed by atoms with Crippen molar-refractivity contribution >= 4 is 39.7 Å². The molecular weight excluding hydrogens is 473 g/mol. The van der Waals surface area contributed by atoms with E-state index in [4.69, 9.17) is 12.2 Å². The number of aryl methyl sites for hydroxylation is 1. The molecular formula is C27H28FN7S. The van der Waals surface area contributed by atoms with Crippen molar-refractivity contribution in [2.45, 2.75) is 26.8 Å². The molecule has 4 aromatic rings. The quantitative estimate of drug-likeness (QED) is 0.307. The van der Waals surface area contributed by atoms with Crippen molar-refractivity contribution in [2.24, 2.45) is 5.92 Å². The zero-order valence-electron chi connectivity index (χ0n) is 20.5. The van der Waals surface area contributed by atoms with Crippen molar-refractivity contribution in [3.05, 3.63) is 72.4 Å². The van der Waals surface area contributed by atoms with Crippen LogP contribution in [0.25, 0.3) is 22.2 Å². The summed E-state index contributed by atoms with van der Waals surface area (Å²) in [6.07, 6.45) is 1.79. The molecule has 9 heteroatoms. The third kappa shape index (κ3) is 4.83. The standard InChI is InChI=1S/C27H28FN7S/c1-17(2)24-16-34(25-12-11-23(32-33-25)20-10-9-18(3)30-26(20)28)14-15-35(24)27(36)31-22-8-4-7-21-19(22)6-5-13-29-21/h4-13,17,24H,14-16H2,1-3H3,(H,31,36). The fourth-order valence-electron chi connectivity index (χ4n) is 4.59. The van der Waals surface area contributed by atoms with E-state index in [1.54, 1.807) is 31.3 Å². The molecule has 0 aliphatic carbocycles. The second-order valence-corrected chi connectivity index (χ2v) is 9.71. The fraction of sp³-hybridized carbons (Fsp3) is 0.296. The Kier molecular flexibility index (Phi) is 6.73. The predicted molar refractivity (Wildman–Crippen MR) is 145 cm³/mol. The van der Waals surface area contributed by atoms with Gasteiger partial charge >= 0.3 is 0 Å². The molecule has 0 spiro atoms. The van der Waals surface area contributed by atoms with Crippen molar-refractivity contribution < 1.29 is 4.39 Å². The van der Waals surface area contributed by atoms with Crippen molar-refractivity contribution in [1.29, 1.82) is 0 Å². The summed E-state index contributed by atoms with van der Waals surface area (Å²) in [4.78, 5) is 12.8. The van der Waals surface area contributed by atoms with Crippen LogP contribution in [0.2, 0.25) is 0 Å². The second kappa shape index (κ2) is 10.1. The minimum Gasteiger partial charge on any atom is -0.351 e. The molecule has 1 fully saturated rings. The van der Waals surface area contributed by atoms with Gasteiger partial charge in [0.2, 0.25) is 5.95 Å². The molecule has 1 N–H and O–H groups in total. The van der Waals surface area contributed by atoms with Gasteiger partial charge in [0.1, 0.15) is 0 Å². The maximum absolute atomic E-state index is 14.3. The van der Waals surface area contributed by atoms with Gasteiger partial charge < -0.3 is 15.1 Å². The number of nitrogens with zero attached hydrogens (tertiary/aromatic N) is 6. The average molecular weight is 502 g/mol. The lowest BCUT2D eigenvalue weighted by Gasteiger charge is -2.45. The van der Waals surface area contributed by atoms with Gasteiger partial charge in [0.05, 0.1) is 22.8 Å². The van der Waals surface area contributed by atoms with E-state index < -0.39 is 5.95 Å². The second-order valence-electron chi connectivity index (χ2n) is 9.32. The summed E-state index contributed by atoms with van der Waals surface area (Å²) in [5, 5.41) is 13.9. The van der Waals surface area contributed by atoms with E-state index in [0.717, 1.165) is 42.0 Å². The first-order valence-corrected chi connectivity index (χ1v) is 12.4. The molecule has 184 valence electrons. The number of thiocarbonyl (C=S) groups is 1. The number of piperazine rings is 1. The van der Waals surface area contributed by atoms with Crippen molar-refractivity contribution in [2.75, 3.05) is 29.9 Å². The third-order valence-corrected chi connectivity index (χ3v) is 6.91. The van der Waals surface area contributed by atoms with E-state index in [1.807, 2.05) is 36.4 Å². The summed E-state index contributed by atoms with van der Waals surface area (Å²) in [7, 11) is 0. The molecule has 7 nitrogen and oxygen atoms in total. The molecule has 3 aromatic heterocycles. The normalized spacial score (nSPS) is 16.0. The third-order valence-electron chi connectivity index (χ3n) is 6.57. The lowest BCUT2D eigenvalue weighted by Crippen LogP contribution is -2.58. The van der Waals surface area contributed by atoms with Crippen LogP contribution in [0.1, 0.15) is 19.5 Å². The topological polar surface area (TPSA) is 70.1 Å². The molecule has 5 rings (SSSR count). The molecule has 1 saturated heterocycles. The first-order chi connectivity index (χ1) is 17.4. The predicted octanol–water partition coefficient (Wildman–Crippen LogP) is 5.08. The van der Waals surface area contributed by atoms with Crippen LogP contribution in [0.5, 0.6) is 0 Å². The van der Waals surface area contributed by atoms with Crippen molar-refractivity contribution in [1.82, 2.24) is 25.1 Å². The zero-order chi connectivity index (χ0) is 25.2. The number of benzene rings is 1. The van der Waals surface area contributed by atoms with E-state index in [0.29, 0.717) is 28.0 Å². The number of halogens is 1. The number of fused-ring (bicyclic) bond motifs is 1. The number of anilines is 2. The summed E-state index contributed by atoms with van der Waals surface area (Å²) in [5.74, 6) is 0.596. The van der Waals surface area contributed by atoms with E-state index in [-0.39, 0.29) is 6.04 Å². The highest BCUT2D eigenvalue weighted by Crippen LogP contribution is 2.26. The monoisotopic (exact) mass is 501 g/mol. The van der Waals surface area contributed by atoms with Crippen LogP contribution in [-0.2, 0) is 0 Å². The summed E-state index contributed by atoms with van der Waals surface area (Å²) >= 11 is 5.87. The average Bonchev–Trinajstić information content (AvgIpc) is 2.89. The van der Waals surface area contributed by atoms with Gasteiger partial charge in [-0.25, -0.2) is 4.98 Å². The minimum absolute atomic E-state index is 0.187. The Bertz CT molecular complexity index is 1390. The highest BCUT2D eigenvalue weighted by Gasteiger charge is 2.32. The molecule has 0 amide bonds. The lowest BCUT2D eigenvalue weighted by molar-refractivity contribution is 0.227. The molecule has 4 heterocycles. The van der Waals surface area contributed by atoms with Gasteiger partial charge in [0, 0.05) is 42.6 Å². The molecule has 1 aliphatic rings. The van der Waals surface area contributed by atoms with Crippen LogP contribution in [0, 0.1) is 18.8 Å². The van der Waals surface area contributed by atoms with E-state index in [2.05, 4.69) is 49.1 Å². The summed E-state index contributed by atoms with van der Waals surface area (Å²) in [6.45, 7) is 8.41. The number of rotatable bonds is 4. The van der Waals surface area contributed by atoms with E-state index in [9.17, 15) is 4.39 Å². The SMILES string of the molecule is Cc1ccc(-c2ccc(N3CCN(C(=S)Nc4cccc5ncccc45)C(C(C)C)C3)nn2)c(F)n1. The van der Waals surface area contributed by atoms with Gasteiger partial charge in [-0.2, -0.15) is 4.39 Å². The van der Waals surface area contributed by atoms with Gasteiger partial charge in [-0.3, -0.25) is 4.98 Å². The number of pyridine rings is 2. The number of hydrogen-bond acceptors (Lipinski definition) is 6. The van der Waals surface area contributed by atoms with Gasteiger partial charge in [0.15, 0.2) is 10.9 Å². The van der Waals surface area contributed by atoms with Crippen LogP contribution in [0.4, 0.5) is 15.9 Å². The highest BCUT2D eigenvalue weighted by atomic mass is 32.1. The molecule has 1 atom stereocenters. The van der Waals surface area contributed by atoms with Crippen molar-refractivity contribution in [3.63, 3.8) is 0 Å². The van der Waals surface area contributed by atoms with Crippen LogP contribution in [-0.4, -0.2) is 55.9 Å². The smallest absolute Gasteiger partial charge is 0.222 e. The Morgan fingerprint density at radius 2 is 1.92 bits per heavy atom. The molecule has 1 aliphatic heterocycles. The Morgan fingerprint density at radius 3 is 2.67 bits per heavy atom. The summed E-state index contributed by atoms with van der Waals surface area (Å²) in [6, 6.07) is 17.3. The largest absolute Gasteiger partial charge is 0.351 e. The number of nitrogens with one attached hydrogen (secondary N) is 1. The number of hydrogen-bond donors (Lipinski definition) is 1. The van der Waals surface area contributed by atoms with Gasteiger partial charge in [-0.15, -0.1) is 10.2 Å². The van der Waals surface area contributed by atoms with Gasteiger partial charge in [-0.05, 0) is 73.6 Å². The van der Waals surface area contributed by atoms with Gasteiger partial charge in [0.25, 0.3) is 0 Å². The molecule has 0 bridgehead atoms. The van der Waals surface area contributed by atoms with Crippen LogP contribution in [0.15, 0.2) is 60.8 Å². The minimum atomic E-state index is -0.534. The van der Waals surface area contributed by atoms with Crippen LogP contribution < -0.4 is 10.2 Å². The lowest BCUT2D eigenvalue weighted by atomic mass is 10.00. The molecule has 0 radical (unpaired) electrons. The van der Waals surface area contributed by atoms with Gasteiger partial charge in [-0.1, -0.05) is 19.9 Å². The Morgan fingerprint density at radius 1 is 1.06 bits per heavy atom. The maximum atomic E-state index is 14.3. The van der Waals surface area contributed by atoms with Crippen LogP contribution >= 0.6 is 12.2 Å².